The van der Waals surface area contributed by atoms with Crippen molar-refractivity contribution in [1.82, 2.24) is 4.57 Å². The molecule has 3 nitrogen and oxygen atoms in total. The molecule has 0 radical (unpaired) electrons. The molecule has 3 heteroatoms. The topological polar surface area (TPSA) is 21.3 Å². The molecule has 10 aromatic carbocycles. The average molecular weight is 817 g/mol. The van der Waals surface area contributed by atoms with E-state index in [1.54, 1.807) is 0 Å². The van der Waals surface area contributed by atoms with Crippen LogP contribution in [0.2, 0.25) is 0 Å². The Hall–Kier alpha value is -8.40. The molecular formula is C61H40N2O. The highest BCUT2D eigenvalue weighted by molar-refractivity contribution is 6.10. The molecule has 0 fully saturated rings. The fourth-order valence-electron chi connectivity index (χ4n) is 10.8. The molecule has 2 aromatic heterocycles. The minimum absolute atomic E-state index is 0.479. The van der Waals surface area contributed by atoms with Gasteiger partial charge >= 0.3 is 0 Å². The lowest BCUT2D eigenvalue weighted by Gasteiger charge is -2.34. The molecule has 0 aliphatic heterocycles. The van der Waals surface area contributed by atoms with Gasteiger partial charge in [-0.15, -0.1) is 0 Å². The number of aromatic nitrogens is 1. The Morgan fingerprint density at radius 1 is 0.359 bits per heavy atom. The van der Waals surface area contributed by atoms with Gasteiger partial charge in [0.15, 0.2) is 0 Å². The van der Waals surface area contributed by atoms with Gasteiger partial charge in [0.05, 0.1) is 16.4 Å². The summed E-state index contributed by atoms with van der Waals surface area (Å²) in [7, 11) is 0. The van der Waals surface area contributed by atoms with Gasteiger partial charge in [-0.2, -0.15) is 0 Å². The van der Waals surface area contributed by atoms with Crippen LogP contribution in [0.5, 0.6) is 0 Å². The molecule has 0 saturated carbocycles. The summed E-state index contributed by atoms with van der Waals surface area (Å²) in [5, 5.41) is 4.74. The molecule has 0 saturated heterocycles. The summed E-state index contributed by atoms with van der Waals surface area (Å²) in [5.41, 5.74) is 17.8. The average Bonchev–Trinajstić information content (AvgIpc) is 4.02. The zero-order chi connectivity index (χ0) is 42.2. The van der Waals surface area contributed by atoms with E-state index >= 15 is 0 Å². The van der Waals surface area contributed by atoms with Crippen LogP contribution in [0.3, 0.4) is 0 Å². The summed E-state index contributed by atoms with van der Waals surface area (Å²) >= 11 is 0. The van der Waals surface area contributed by atoms with Crippen LogP contribution < -0.4 is 4.90 Å². The van der Waals surface area contributed by atoms with E-state index in [1.807, 2.05) is 12.1 Å². The number of anilines is 3. The molecule has 1 aliphatic carbocycles. The van der Waals surface area contributed by atoms with Crippen molar-refractivity contribution in [3.05, 3.63) is 265 Å². The molecule has 0 spiro atoms. The number of hydrogen-bond acceptors (Lipinski definition) is 2. The van der Waals surface area contributed by atoms with Gasteiger partial charge in [0.1, 0.15) is 11.2 Å². The van der Waals surface area contributed by atoms with E-state index < -0.39 is 5.41 Å². The van der Waals surface area contributed by atoms with Crippen molar-refractivity contribution in [3.8, 4) is 27.9 Å². The predicted molar refractivity (Wildman–Crippen MR) is 265 cm³/mol. The number of para-hydroxylation sites is 4. The van der Waals surface area contributed by atoms with Gasteiger partial charge in [0.25, 0.3) is 0 Å². The van der Waals surface area contributed by atoms with Gasteiger partial charge in [-0.3, -0.25) is 0 Å². The maximum atomic E-state index is 6.50. The summed E-state index contributed by atoms with van der Waals surface area (Å²) in [4.78, 5) is 2.41. The van der Waals surface area contributed by atoms with Crippen LogP contribution in [-0.2, 0) is 5.41 Å². The van der Waals surface area contributed by atoms with Crippen molar-refractivity contribution in [2.75, 3.05) is 4.90 Å². The van der Waals surface area contributed by atoms with E-state index in [4.69, 9.17) is 4.42 Å². The third-order valence-electron chi connectivity index (χ3n) is 13.5. The zero-order valence-electron chi connectivity index (χ0n) is 34.9. The van der Waals surface area contributed by atoms with Crippen LogP contribution >= 0.6 is 0 Å². The van der Waals surface area contributed by atoms with E-state index in [1.165, 1.54) is 55.2 Å². The summed E-state index contributed by atoms with van der Waals surface area (Å²) in [6.07, 6.45) is 0. The SMILES string of the molecule is c1ccc(C2(c3ccccc3)c3ccccc3-c3cc(N(c4ccc(-c5cccc6c5oc5ccccc56)cc4)c4cccc(-n5c6ccccc6c6ccccc65)c4)ccc32)cc1. The second kappa shape index (κ2) is 14.3. The Balaban J connectivity index is 1.02. The van der Waals surface area contributed by atoms with Crippen LogP contribution in [0.1, 0.15) is 22.3 Å². The first-order chi connectivity index (χ1) is 31.8. The van der Waals surface area contributed by atoms with Crippen molar-refractivity contribution in [3.63, 3.8) is 0 Å². The van der Waals surface area contributed by atoms with Crippen molar-refractivity contribution in [2.45, 2.75) is 5.41 Å². The van der Waals surface area contributed by atoms with Gasteiger partial charge in [0, 0.05) is 49.9 Å². The number of furan rings is 1. The number of rotatable bonds is 7. The second-order valence-corrected chi connectivity index (χ2v) is 16.8. The highest BCUT2D eigenvalue weighted by atomic mass is 16.3. The molecule has 2 heterocycles. The Labute approximate surface area is 371 Å². The second-order valence-electron chi connectivity index (χ2n) is 16.8. The molecule has 0 N–H and O–H groups in total. The Morgan fingerprint density at radius 3 is 1.64 bits per heavy atom. The van der Waals surface area contributed by atoms with E-state index in [2.05, 4.69) is 240 Å². The maximum absolute atomic E-state index is 6.50. The third-order valence-corrected chi connectivity index (χ3v) is 13.5. The molecule has 0 bridgehead atoms. The lowest BCUT2D eigenvalue weighted by molar-refractivity contribution is 0.670. The lowest BCUT2D eigenvalue weighted by Crippen LogP contribution is -2.28. The standard InChI is InChI=1S/C61H40N2O/c1-3-17-42(18-4-1)61(43-19-5-2-6-20-43)55-29-11-7-23-49(55)54-40-47(37-38-56(54)61)62(44-35-33-41(34-36-44)48-27-16-28-53-52-26-10-14-32-59(52)64-60(48)53)45-21-15-22-46(39-45)63-57-30-12-8-24-50(57)51-25-9-13-31-58(51)63/h1-40H. The fraction of sp³-hybridized carbons (Fsp3) is 0.0164. The minimum Gasteiger partial charge on any atom is -0.455 e. The zero-order valence-corrected chi connectivity index (χ0v) is 34.9. The van der Waals surface area contributed by atoms with Crippen molar-refractivity contribution in [2.24, 2.45) is 0 Å². The molecule has 13 rings (SSSR count). The van der Waals surface area contributed by atoms with Crippen LogP contribution in [0.25, 0.3) is 71.7 Å². The highest BCUT2D eigenvalue weighted by Gasteiger charge is 2.46. The Bertz CT molecular complexity index is 3640. The maximum Gasteiger partial charge on any atom is 0.143 e. The molecule has 0 atom stereocenters. The molecule has 0 amide bonds. The Kier molecular flexibility index (Phi) is 8.13. The minimum atomic E-state index is -0.479. The van der Waals surface area contributed by atoms with Gasteiger partial charge < -0.3 is 13.9 Å². The summed E-state index contributed by atoms with van der Waals surface area (Å²) in [6, 6.07) is 88.3. The molecule has 300 valence electrons. The first-order valence-electron chi connectivity index (χ1n) is 22.0. The molecule has 1 aliphatic rings. The normalized spacial score (nSPS) is 12.8. The first-order valence-corrected chi connectivity index (χ1v) is 22.0. The lowest BCUT2D eigenvalue weighted by atomic mass is 9.68. The van der Waals surface area contributed by atoms with Crippen LogP contribution in [0, 0.1) is 0 Å². The fourth-order valence-corrected chi connectivity index (χ4v) is 10.8. The van der Waals surface area contributed by atoms with Gasteiger partial charge in [-0.05, 0) is 99.6 Å². The smallest absolute Gasteiger partial charge is 0.143 e. The number of fused-ring (bicyclic) bond motifs is 9. The van der Waals surface area contributed by atoms with Gasteiger partial charge in [0.2, 0.25) is 0 Å². The molecule has 0 unspecified atom stereocenters. The van der Waals surface area contributed by atoms with E-state index in [-0.39, 0.29) is 0 Å². The van der Waals surface area contributed by atoms with Crippen molar-refractivity contribution >= 4 is 60.8 Å². The number of benzene rings is 10. The van der Waals surface area contributed by atoms with Crippen molar-refractivity contribution < 1.29 is 4.42 Å². The summed E-state index contributed by atoms with van der Waals surface area (Å²) < 4.78 is 8.90. The number of hydrogen-bond donors (Lipinski definition) is 0. The molecule has 12 aromatic rings. The molecular weight excluding hydrogens is 777 g/mol. The quantitative estimate of drug-likeness (QED) is 0.160. The monoisotopic (exact) mass is 816 g/mol. The molecule has 64 heavy (non-hydrogen) atoms. The summed E-state index contributed by atoms with van der Waals surface area (Å²) in [5.74, 6) is 0. The van der Waals surface area contributed by atoms with E-state index in [9.17, 15) is 0 Å². The first kappa shape index (κ1) is 36.3. The number of nitrogens with zero attached hydrogens (tertiary/aromatic N) is 2. The third kappa shape index (κ3) is 5.34. The highest BCUT2D eigenvalue weighted by Crippen LogP contribution is 2.57. The van der Waals surface area contributed by atoms with Crippen LogP contribution in [0.4, 0.5) is 17.1 Å². The largest absolute Gasteiger partial charge is 0.455 e. The van der Waals surface area contributed by atoms with E-state index in [0.29, 0.717) is 0 Å². The summed E-state index contributed by atoms with van der Waals surface area (Å²) in [6.45, 7) is 0. The predicted octanol–water partition coefficient (Wildman–Crippen LogP) is 16.2. The van der Waals surface area contributed by atoms with Crippen LogP contribution in [-0.4, -0.2) is 4.57 Å². The Morgan fingerprint density at radius 2 is 0.906 bits per heavy atom. The van der Waals surface area contributed by atoms with E-state index in [0.717, 1.165) is 55.8 Å². The van der Waals surface area contributed by atoms with Gasteiger partial charge in [-0.25, -0.2) is 0 Å². The van der Waals surface area contributed by atoms with Crippen LogP contribution in [0.15, 0.2) is 247 Å². The van der Waals surface area contributed by atoms with Crippen molar-refractivity contribution in [1.29, 1.82) is 0 Å². The van der Waals surface area contributed by atoms with Gasteiger partial charge in [-0.1, -0.05) is 182 Å².